The number of carbonyl (C=O) groups excluding carboxylic acids is 3. The molecule has 6 nitrogen and oxygen atoms in total. The third kappa shape index (κ3) is 4.36. The van der Waals surface area contributed by atoms with E-state index in [-0.39, 0.29) is 30.9 Å². The van der Waals surface area contributed by atoms with Crippen LogP contribution in [0.15, 0.2) is 17.5 Å². The Morgan fingerprint density at radius 1 is 1.20 bits per heavy atom. The Hall–Kier alpha value is -2.41. The van der Waals surface area contributed by atoms with Gasteiger partial charge in [-0.05, 0) is 50.6 Å². The molecule has 2 heterocycles. The van der Waals surface area contributed by atoms with Crippen molar-refractivity contribution in [3.63, 3.8) is 0 Å². The lowest BCUT2D eigenvalue weighted by atomic mass is 9.93. The first-order valence-corrected chi connectivity index (χ1v) is 11.4. The summed E-state index contributed by atoms with van der Waals surface area (Å²) in [7, 11) is 1.76. The van der Waals surface area contributed by atoms with E-state index in [1.54, 1.807) is 30.4 Å². The Bertz CT molecular complexity index is 924. The van der Waals surface area contributed by atoms with Gasteiger partial charge in [0.05, 0.1) is 18.0 Å². The zero-order chi connectivity index (χ0) is 21.8. The molecule has 0 aliphatic heterocycles. The van der Waals surface area contributed by atoms with Crippen LogP contribution in [0.25, 0.3) is 0 Å². The fourth-order valence-electron chi connectivity index (χ4n) is 4.41. The number of hydrogen-bond acceptors (Lipinski definition) is 5. The van der Waals surface area contributed by atoms with Crippen LogP contribution in [0.1, 0.15) is 80.8 Å². The number of amides is 1. The molecule has 0 atom stereocenters. The maximum atomic E-state index is 13.4. The molecule has 0 N–H and O–H groups in total. The topological polar surface area (TPSA) is 68.6 Å². The van der Waals surface area contributed by atoms with Crippen LogP contribution in [0, 0.1) is 13.8 Å². The van der Waals surface area contributed by atoms with Crippen molar-refractivity contribution in [3.05, 3.63) is 44.9 Å². The Balaban J connectivity index is 1.91. The first-order chi connectivity index (χ1) is 14.4. The Morgan fingerprint density at radius 3 is 2.50 bits per heavy atom. The van der Waals surface area contributed by atoms with Gasteiger partial charge in [0.2, 0.25) is 0 Å². The highest BCUT2D eigenvalue weighted by Crippen LogP contribution is 2.27. The second-order valence-electron chi connectivity index (χ2n) is 7.84. The van der Waals surface area contributed by atoms with Gasteiger partial charge in [0.1, 0.15) is 5.69 Å². The first kappa shape index (κ1) is 22.3. The number of hydrogen-bond donors (Lipinski definition) is 0. The Kier molecular flexibility index (Phi) is 7.13. The van der Waals surface area contributed by atoms with Crippen LogP contribution >= 0.6 is 11.3 Å². The summed E-state index contributed by atoms with van der Waals surface area (Å²) in [5, 5.41) is 1.88. The lowest BCUT2D eigenvalue weighted by Crippen LogP contribution is -2.44. The van der Waals surface area contributed by atoms with Crippen LogP contribution in [-0.2, 0) is 11.8 Å². The van der Waals surface area contributed by atoms with Crippen LogP contribution < -0.4 is 0 Å². The summed E-state index contributed by atoms with van der Waals surface area (Å²) in [6.07, 6.45) is 5.16. The molecule has 2 aromatic heterocycles. The Morgan fingerprint density at radius 2 is 1.90 bits per heavy atom. The van der Waals surface area contributed by atoms with Crippen LogP contribution in [0.2, 0.25) is 0 Å². The molecule has 1 aliphatic carbocycles. The maximum Gasteiger partial charge on any atom is 0.355 e. The summed E-state index contributed by atoms with van der Waals surface area (Å²) < 4.78 is 6.88. The molecule has 1 saturated carbocycles. The summed E-state index contributed by atoms with van der Waals surface area (Å²) in [6.45, 7) is 5.66. The second-order valence-corrected chi connectivity index (χ2v) is 8.79. The van der Waals surface area contributed by atoms with Crippen LogP contribution in [0.4, 0.5) is 0 Å². The predicted octanol–water partition coefficient (Wildman–Crippen LogP) is 4.54. The van der Waals surface area contributed by atoms with Gasteiger partial charge in [-0.2, -0.15) is 0 Å². The minimum Gasteiger partial charge on any atom is -0.461 e. The number of rotatable bonds is 7. The number of Topliss-reactive ketones (excluding diaryl/α,β-unsaturated/α-hetero) is 1. The van der Waals surface area contributed by atoms with Gasteiger partial charge in [-0.25, -0.2) is 4.79 Å². The molecule has 0 saturated heterocycles. The zero-order valence-electron chi connectivity index (χ0n) is 18.2. The summed E-state index contributed by atoms with van der Waals surface area (Å²) in [4.78, 5) is 41.4. The Labute approximate surface area is 181 Å². The van der Waals surface area contributed by atoms with E-state index < -0.39 is 5.97 Å². The number of esters is 1. The molecule has 3 rings (SSSR count). The number of thiophene rings is 1. The predicted molar refractivity (Wildman–Crippen MR) is 117 cm³/mol. The molecule has 0 unspecified atom stereocenters. The van der Waals surface area contributed by atoms with Gasteiger partial charge in [-0.1, -0.05) is 25.3 Å². The average Bonchev–Trinajstić information content (AvgIpc) is 3.34. The van der Waals surface area contributed by atoms with Crippen molar-refractivity contribution in [2.75, 3.05) is 13.2 Å². The molecule has 1 fully saturated rings. The molecule has 1 amide bonds. The van der Waals surface area contributed by atoms with Crippen molar-refractivity contribution in [2.45, 2.75) is 58.9 Å². The van der Waals surface area contributed by atoms with Crippen molar-refractivity contribution < 1.29 is 19.1 Å². The maximum absolute atomic E-state index is 13.4. The molecule has 0 bridgehead atoms. The summed E-state index contributed by atoms with van der Waals surface area (Å²) >= 11 is 1.40. The molecule has 0 radical (unpaired) electrons. The van der Waals surface area contributed by atoms with Crippen molar-refractivity contribution >= 4 is 29.0 Å². The van der Waals surface area contributed by atoms with E-state index in [2.05, 4.69) is 0 Å². The third-order valence-electron chi connectivity index (χ3n) is 6.00. The normalized spacial score (nSPS) is 14.5. The summed E-state index contributed by atoms with van der Waals surface area (Å²) in [6, 6.07) is 3.74. The van der Waals surface area contributed by atoms with E-state index in [0.29, 0.717) is 27.4 Å². The molecule has 1 aliphatic rings. The fourth-order valence-corrected chi connectivity index (χ4v) is 5.09. The van der Waals surface area contributed by atoms with Gasteiger partial charge >= 0.3 is 5.97 Å². The summed E-state index contributed by atoms with van der Waals surface area (Å²) in [5.74, 6) is -0.646. The van der Waals surface area contributed by atoms with Crippen molar-refractivity contribution in [1.82, 2.24) is 9.47 Å². The molecule has 0 spiro atoms. The van der Waals surface area contributed by atoms with Gasteiger partial charge < -0.3 is 14.2 Å². The van der Waals surface area contributed by atoms with E-state index in [1.807, 2.05) is 24.4 Å². The number of ether oxygens (including phenoxy) is 1. The first-order valence-electron chi connectivity index (χ1n) is 10.6. The highest BCUT2D eigenvalue weighted by atomic mass is 32.1. The van der Waals surface area contributed by atoms with Gasteiger partial charge in [-0.15, -0.1) is 11.3 Å². The van der Waals surface area contributed by atoms with E-state index in [4.69, 9.17) is 4.74 Å². The quantitative estimate of drug-likeness (QED) is 0.478. The van der Waals surface area contributed by atoms with Gasteiger partial charge in [0.15, 0.2) is 5.78 Å². The fraction of sp³-hybridized carbons (Fsp3) is 0.522. The molecule has 30 heavy (non-hydrogen) atoms. The van der Waals surface area contributed by atoms with E-state index >= 15 is 0 Å². The smallest absolute Gasteiger partial charge is 0.355 e. The lowest BCUT2D eigenvalue weighted by Gasteiger charge is -2.33. The lowest BCUT2D eigenvalue weighted by molar-refractivity contribution is 0.0513. The molecule has 162 valence electrons. The summed E-state index contributed by atoms with van der Waals surface area (Å²) in [5.41, 5.74) is 2.24. The van der Waals surface area contributed by atoms with Crippen molar-refractivity contribution in [3.8, 4) is 0 Å². The monoisotopic (exact) mass is 430 g/mol. The number of carbonyl (C=O) groups is 3. The minimum absolute atomic E-state index is 0.0232. The van der Waals surface area contributed by atoms with Gasteiger partial charge in [0, 0.05) is 24.3 Å². The van der Waals surface area contributed by atoms with Crippen molar-refractivity contribution in [1.29, 1.82) is 0 Å². The third-order valence-corrected chi connectivity index (χ3v) is 6.86. The van der Waals surface area contributed by atoms with E-state index in [0.717, 1.165) is 25.7 Å². The molecular weight excluding hydrogens is 400 g/mol. The van der Waals surface area contributed by atoms with E-state index in [1.165, 1.54) is 17.8 Å². The molecule has 7 heteroatoms. The van der Waals surface area contributed by atoms with E-state index in [9.17, 15) is 14.4 Å². The van der Waals surface area contributed by atoms with Gasteiger partial charge in [-0.3, -0.25) is 9.59 Å². The largest absolute Gasteiger partial charge is 0.461 e. The van der Waals surface area contributed by atoms with Crippen LogP contribution in [0.5, 0.6) is 0 Å². The highest BCUT2D eigenvalue weighted by Gasteiger charge is 2.32. The highest BCUT2D eigenvalue weighted by molar-refractivity contribution is 7.12. The SMILES string of the molecule is CCOC(=O)c1c(C)c(C(=O)CN(C(=O)c2cccs2)C2CCCCC2)c(C)n1C. The van der Waals surface area contributed by atoms with Gasteiger partial charge in [0.25, 0.3) is 5.91 Å². The van der Waals surface area contributed by atoms with Crippen LogP contribution in [0.3, 0.4) is 0 Å². The number of aromatic nitrogens is 1. The zero-order valence-corrected chi connectivity index (χ0v) is 19.0. The molecular formula is C23H30N2O4S. The van der Waals surface area contributed by atoms with Crippen LogP contribution in [-0.4, -0.2) is 46.3 Å². The number of nitrogens with zero attached hydrogens (tertiary/aromatic N) is 2. The minimum atomic E-state index is -0.432. The average molecular weight is 431 g/mol. The number of ketones is 1. The molecule has 2 aromatic rings. The second kappa shape index (κ2) is 9.60. The van der Waals surface area contributed by atoms with Crippen molar-refractivity contribution in [2.24, 2.45) is 7.05 Å². The molecule has 0 aromatic carbocycles. The standard InChI is InChI=1S/C23H30N2O4S/c1-5-29-23(28)21-15(2)20(16(3)24(21)4)18(26)14-25(17-10-7-6-8-11-17)22(27)19-12-9-13-30-19/h9,12-13,17H,5-8,10-11,14H2,1-4H3.